The summed E-state index contributed by atoms with van der Waals surface area (Å²) in [4.78, 5) is 41.1. The van der Waals surface area contributed by atoms with E-state index in [9.17, 15) is 19.5 Å². The first-order valence-corrected chi connectivity index (χ1v) is 10.5. The Balaban J connectivity index is 1.96. The van der Waals surface area contributed by atoms with Gasteiger partial charge < -0.3 is 19.1 Å². The molecule has 0 spiro atoms. The van der Waals surface area contributed by atoms with Gasteiger partial charge in [0.25, 0.3) is 5.56 Å². The molecule has 0 amide bonds. The molecule has 1 atom stereocenters. The zero-order valence-electron chi connectivity index (χ0n) is 17.7. The number of methoxy groups -OCH3 is 1. The molecule has 0 bridgehead atoms. The topological polar surface area (TPSA) is 118 Å². The van der Waals surface area contributed by atoms with Gasteiger partial charge in [0.15, 0.2) is 16.3 Å². The van der Waals surface area contributed by atoms with Crippen molar-refractivity contribution in [3.05, 3.63) is 50.7 Å². The molecule has 166 valence electrons. The van der Waals surface area contributed by atoms with Crippen molar-refractivity contribution in [2.24, 2.45) is 14.1 Å². The highest BCUT2D eigenvalue weighted by atomic mass is 32.2. The van der Waals surface area contributed by atoms with Crippen molar-refractivity contribution in [3.8, 4) is 5.75 Å². The third-order valence-corrected chi connectivity index (χ3v) is 5.73. The van der Waals surface area contributed by atoms with Gasteiger partial charge in [-0.05, 0) is 18.6 Å². The summed E-state index contributed by atoms with van der Waals surface area (Å²) < 4.78 is 14.1. The number of aromatic nitrogens is 4. The second kappa shape index (κ2) is 9.40. The summed E-state index contributed by atoms with van der Waals surface area (Å²) in [6.45, 7) is 1.87. The van der Waals surface area contributed by atoms with Gasteiger partial charge in [0.1, 0.15) is 18.5 Å². The van der Waals surface area contributed by atoms with Crippen LogP contribution in [0.1, 0.15) is 5.56 Å². The molecule has 3 rings (SSSR count). The number of para-hydroxylation sites is 1. The zero-order valence-corrected chi connectivity index (χ0v) is 18.5. The Hall–Kier alpha value is -3.05. The fourth-order valence-corrected chi connectivity index (χ4v) is 3.89. The summed E-state index contributed by atoms with van der Waals surface area (Å²) in [5, 5.41) is 10.9. The van der Waals surface area contributed by atoms with Gasteiger partial charge in [-0.1, -0.05) is 30.0 Å². The maximum atomic E-state index is 12.8. The number of imidazole rings is 1. The largest absolute Gasteiger partial charge is 0.491 e. The Bertz CT molecular complexity index is 1230. The summed E-state index contributed by atoms with van der Waals surface area (Å²) in [5.41, 5.74) is 0.206. The number of aryl methyl sites for hydroxylation is 2. The fraction of sp³-hybridized carbons (Fsp3) is 0.400. The average Bonchev–Trinajstić information content (AvgIpc) is 3.12. The lowest BCUT2D eigenvalue weighted by atomic mass is 10.2. The maximum absolute atomic E-state index is 12.8. The second-order valence-electron chi connectivity index (χ2n) is 6.98. The van der Waals surface area contributed by atoms with Gasteiger partial charge >= 0.3 is 11.7 Å². The monoisotopic (exact) mass is 448 g/mol. The van der Waals surface area contributed by atoms with Crippen LogP contribution >= 0.6 is 11.8 Å². The molecule has 11 heteroatoms. The van der Waals surface area contributed by atoms with Crippen molar-refractivity contribution in [3.63, 3.8) is 0 Å². The van der Waals surface area contributed by atoms with Gasteiger partial charge in [0, 0.05) is 14.1 Å². The first-order chi connectivity index (χ1) is 14.7. The molecular weight excluding hydrogens is 424 g/mol. The number of aliphatic hydroxyl groups excluding tert-OH is 1. The van der Waals surface area contributed by atoms with E-state index >= 15 is 0 Å². The van der Waals surface area contributed by atoms with E-state index < -0.39 is 23.3 Å². The van der Waals surface area contributed by atoms with Crippen molar-refractivity contribution in [2.45, 2.75) is 24.7 Å². The normalized spacial score (nSPS) is 12.2. The highest BCUT2D eigenvalue weighted by Crippen LogP contribution is 2.23. The van der Waals surface area contributed by atoms with E-state index in [0.29, 0.717) is 10.9 Å². The van der Waals surface area contributed by atoms with Gasteiger partial charge in [-0.3, -0.25) is 18.7 Å². The van der Waals surface area contributed by atoms with Crippen LogP contribution < -0.4 is 16.0 Å². The lowest BCUT2D eigenvalue weighted by molar-refractivity contribution is -0.137. The van der Waals surface area contributed by atoms with Gasteiger partial charge in [0.2, 0.25) is 0 Å². The first-order valence-electron chi connectivity index (χ1n) is 9.47. The molecule has 1 aromatic carbocycles. The first kappa shape index (κ1) is 22.6. The number of carbonyl (C=O) groups is 1. The molecule has 0 fully saturated rings. The number of aliphatic hydroxyl groups is 1. The van der Waals surface area contributed by atoms with Gasteiger partial charge in [-0.15, -0.1) is 0 Å². The Labute approximate surface area is 182 Å². The van der Waals surface area contributed by atoms with Crippen LogP contribution in [-0.4, -0.2) is 55.3 Å². The molecule has 2 aromatic heterocycles. The number of benzene rings is 1. The minimum Gasteiger partial charge on any atom is -0.491 e. The summed E-state index contributed by atoms with van der Waals surface area (Å²) in [5.74, 6) is 0.147. The smallest absolute Gasteiger partial charge is 0.332 e. The maximum Gasteiger partial charge on any atom is 0.332 e. The molecule has 10 nitrogen and oxygen atoms in total. The van der Waals surface area contributed by atoms with Crippen LogP contribution in [0.15, 0.2) is 39.0 Å². The second-order valence-corrected chi connectivity index (χ2v) is 7.92. The van der Waals surface area contributed by atoms with E-state index in [4.69, 9.17) is 4.74 Å². The molecule has 0 saturated carbocycles. The van der Waals surface area contributed by atoms with Gasteiger partial charge in [-0.25, -0.2) is 9.78 Å². The minimum atomic E-state index is -0.976. The van der Waals surface area contributed by atoms with E-state index in [1.807, 2.05) is 25.1 Å². The molecule has 2 heterocycles. The van der Waals surface area contributed by atoms with E-state index in [1.165, 1.54) is 30.3 Å². The Morgan fingerprint density at radius 3 is 2.61 bits per heavy atom. The van der Waals surface area contributed by atoms with Crippen LogP contribution in [0.25, 0.3) is 11.2 Å². The van der Waals surface area contributed by atoms with E-state index in [-0.39, 0.29) is 30.1 Å². The van der Waals surface area contributed by atoms with Crippen molar-refractivity contribution in [2.75, 3.05) is 19.5 Å². The molecule has 0 unspecified atom stereocenters. The van der Waals surface area contributed by atoms with Crippen LogP contribution in [0.4, 0.5) is 0 Å². The minimum absolute atomic E-state index is 0.0146. The van der Waals surface area contributed by atoms with Crippen molar-refractivity contribution in [1.29, 1.82) is 0 Å². The lowest BCUT2D eigenvalue weighted by Crippen LogP contribution is -2.38. The van der Waals surface area contributed by atoms with Crippen molar-refractivity contribution >= 4 is 28.9 Å². The number of rotatable bonds is 8. The molecule has 0 aliphatic carbocycles. The van der Waals surface area contributed by atoms with Gasteiger partial charge in [0.05, 0.1) is 19.4 Å². The molecule has 31 heavy (non-hydrogen) atoms. The van der Waals surface area contributed by atoms with Crippen molar-refractivity contribution in [1.82, 2.24) is 18.7 Å². The van der Waals surface area contributed by atoms with Crippen LogP contribution in [0.2, 0.25) is 0 Å². The average molecular weight is 449 g/mol. The number of thioether (sulfide) groups is 1. The van der Waals surface area contributed by atoms with Gasteiger partial charge in [-0.2, -0.15) is 0 Å². The van der Waals surface area contributed by atoms with Crippen molar-refractivity contribution < 1.29 is 19.4 Å². The number of hydrogen-bond acceptors (Lipinski definition) is 8. The number of esters is 1. The van der Waals surface area contributed by atoms with E-state index in [1.54, 1.807) is 6.07 Å². The fourth-order valence-electron chi connectivity index (χ4n) is 3.06. The highest BCUT2D eigenvalue weighted by molar-refractivity contribution is 7.99. The van der Waals surface area contributed by atoms with Crippen LogP contribution in [0.5, 0.6) is 5.75 Å². The van der Waals surface area contributed by atoms with Crippen LogP contribution in [-0.2, 0) is 30.2 Å². The zero-order chi connectivity index (χ0) is 22.7. The van der Waals surface area contributed by atoms with E-state index in [2.05, 4.69) is 9.72 Å². The third kappa shape index (κ3) is 4.67. The summed E-state index contributed by atoms with van der Waals surface area (Å²) in [6, 6.07) is 7.43. The molecule has 3 aromatic rings. The molecule has 0 aliphatic heterocycles. The summed E-state index contributed by atoms with van der Waals surface area (Å²) in [7, 11) is 4.16. The number of ether oxygens (including phenoxy) is 2. The quantitative estimate of drug-likeness (QED) is 0.390. The predicted molar refractivity (Wildman–Crippen MR) is 116 cm³/mol. The number of fused-ring (bicyclic) bond motifs is 1. The Morgan fingerprint density at radius 1 is 1.23 bits per heavy atom. The number of carbonyl (C=O) groups excluding carboxylic acids is 1. The van der Waals surface area contributed by atoms with E-state index in [0.717, 1.165) is 21.9 Å². The molecule has 0 aliphatic rings. The summed E-state index contributed by atoms with van der Waals surface area (Å²) >= 11 is 1.06. The number of hydrogen-bond donors (Lipinski definition) is 1. The molecule has 0 saturated heterocycles. The molecular formula is C20H24N4O6S. The number of nitrogens with zero attached hydrogens (tertiary/aromatic N) is 4. The molecule has 1 N–H and O–H groups in total. The van der Waals surface area contributed by atoms with Crippen LogP contribution in [0.3, 0.4) is 0 Å². The predicted octanol–water partition coefficient (Wildman–Crippen LogP) is 0.447. The van der Waals surface area contributed by atoms with Crippen LogP contribution in [0, 0.1) is 6.92 Å². The molecule has 0 radical (unpaired) electrons. The Morgan fingerprint density at radius 2 is 1.94 bits per heavy atom. The third-order valence-electron chi connectivity index (χ3n) is 4.78. The SMILES string of the molecule is COC(=O)CSc1nc2c(c(=O)n(C)c(=O)n2C)n1C[C@H](O)COc1ccccc1C. The lowest BCUT2D eigenvalue weighted by Gasteiger charge is -2.16. The standard InChI is InChI=1S/C20H24N4O6S/c1-12-7-5-6-8-14(12)30-10-13(25)9-24-16-17(21-19(24)31-11-15(26)29-4)22(2)20(28)23(3)18(16)27/h5-8,13,25H,9-11H2,1-4H3/t13-/m0/s1. The highest BCUT2D eigenvalue weighted by Gasteiger charge is 2.22. The Kier molecular flexibility index (Phi) is 6.86. The summed E-state index contributed by atoms with van der Waals surface area (Å²) in [6.07, 6.45) is -0.976.